The summed E-state index contributed by atoms with van der Waals surface area (Å²) in [4.78, 5) is 26.0. The molecular formula is C17H12N8O2. The summed E-state index contributed by atoms with van der Waals surface area (Å²) in [6.45, 7) is 0. The molecule has 0 spiro atoms. The summed E-state index contributed by atoms with van der Waals surface area (Å²) in [5.74, 6) is 1.31. The molecule has 0 aliphatic heterocycles. The van der Waals surface area contributed by atoms with Crippen molar-refractivity contribution >= 4 is 16.7 Å². The number of pyridine rings is 1. The van der Waals surface area contributed by atoms with Gasteiger partial charge in [0.1, 0.15) is 18.4 Å². The van der Waals surface area contributed by atoms with E-state index in [1.54, 1.807) is 19.4 Å². The Bertz CT molecular complexity index is 1340. The first-order valence-corrected chi connectivity index (χ1v) is 8.02. The van der Waals surface area contributed by atoms with Crippen LogP contribution < -0.4 is 10.3 Å². The number of nitrogens with zero attached hydrogens (tertiary/aromatic N) is 7. The van der Waals surface area contributed by atoms with Crippen molar-refractivity contribution in [3.05, 3.63) is 59.5 Å². The predicted molar refractivity (Wildman–Crippen MR) is 95.8 cm³/mol. The highest BCUT2D eigenvalue weighted by atomic mass is 16.5. The Morgan fingerprint density at radius 1 is 1.11 bits per heavy atom. The molecule has 0 unspecified atom stereocenters. The lowest BCUT2D eigenvalue weighted by atomic mass is 10.1. The maximum Gasteiger partial charge on any atom is 0.269 e. The van der Waals surface area contributed by atoms with Gasteiger partial charge in [-0.3, -0.25) is 9.36 Å². The molecule has 1 aromatic carbocycles. The number of nitrogens with one attached hydrogen (secondary N) is 1. The minimum Gasteiger partial charge on any atom is -0.496 e. The number of ether oxygens (including phenoxy) is 1. The topological polar surface area (TPSA) is 116 Å². The molecule has 4 aromatic heterocycles. The maximum atomic E-state index is 13.3. The van der Waals surface area contributed by atoms with Gasteiger partial charge < -0.3 is 4.74 Å². The van der Waals surface area contributed by atoms with Crippen LogP contribution in [-0.2, 0) is 0 Å². The van der Waals surface area contributed by atoms with E-state index >= 15 is 0 Å². The highest BCUT2D eigenvalue weighted by Gasteiger charge is 2.20. The summed E-state index contributed by atoms with van der Waals surface area (Å²) in [7, 11) is 1.58. The van der Waals surface area contributed by atoms with Crippen LogP contribution in [0.1, 0.15) is 0 Å². The van der Waals surface area contributed by atoms with Crippen LogP contribution in [0.3, 0.4) is 0 Å². The average molecular weight is 360 g/mol. The van der Waals surface area contributed by atoms with E-state index in [1.807, 2.05) is 24.3 Å². The maximum absolute atomic E-state index is 13.3. The fourth-order valence-electron chi connectivity index (χ4n) is 3.10. The van der Waals surface area contributed by atoms with E-state index in [4.69, 9.17) is 4.74 Å². The Balaban J connectivity index is 1.98. The van der Waals surface area contributed by atoms with Crippen molar-refractivity contribution in [2.75, 3.05) is 7.11 Å². The van der Waals surface area contributed by atoms with E-state index in [-0.39, 0.29) is 5.56 Å². The molecule has 4 heterocycles. The molecule has 0 fully saturated rings. The molecule has 0 atom stereocenters. The highest BCUT2D eigenvalue weighted by molar-refractivity contribution is 5.94. The third kappa shape index (κ3) is 2.20. The number of hydrogen-bond donors (Lipinski definition) is 1. The molecule has 0 bridgehead atoms. The van der Waals surface area contributed by atoms with Gasteiger partial charge in [0.25, 0.3) is 11.3 Å². The highest BCUT2D eigenvalue weighted by Crippen LogP contribution is 2.33. The van der Waals surface area contributed by atoms with E-state index in [0.29, 0.717) is 39.6 Å². The minimum absolute atomic E-state index is 0.310. The van der Waals surface area contributed by atoms with Gasteiger partial charge in [0.2, 0.25) is 5.95 Å². The number of methoxy groups -OCH3 is 1. The number of rotatable bonds is 3. The smallest absolute Gasteiger partial charge is 0.269 e. The summed E-state index contributed by atoms with van der Waals surface area (Å²) < 4.78 is 8.40. The lowest BCUT2D eigenvalue weighted by Gasteiger charge is -2.12. The predicted octanol–water partition coefficient (Wildman–Crippen LogP) is 1.22. The Morgan fingerprint density at radius 2 is 2.00 bits per heavy atom. The molecule has 0 saturated heterocycles. The van der Waals surface area contributed by atoms with Gasteiger partial charge in [0.15, 0.2) is 0 Å². The SMILES string of the molecule is COc1ccccc1-c1c2c(=O)n(-c3ncn[nH]3)ccc2nc2ncnn12. The Labute approximate surface area is 151 Å². The van der Waals surface area contributed by atoms with Gasteiger partial charge in [-0.2, -0.15) is 24.7 Å². The van der Waals surface area contributed by atoms with Crippen molar-refractivity contribution in [3.63, 3.8) is 0 Å². The summed E-state index contributed by atoms with van der Waals surface area (Å²) in [5.41, 5.74) is 1.44. The van der Waals surface area contributed by atoms with Gasteiger partial charge in [-0.25, -0.2) is 10.1 Å². The fourth-order valence-corrected chi connectivity index (χ4v) is 3.10. The molecule has 10 nitrogen and oxygen atoms in total. The minimum atomic E-state index is -0.310. The van der Waals surface area contributed by atoms with Crippen LogP contribution in [-0.4, -0.2) is 46.4 Å². The Morgan fingerprint density at radius 3 is 2.81 bits per heavy atom. The Hall–Kier alpha value is -4.08. The van der Waals surface area contributed by atoms with E-state index < -0.39 is 0 Å². The van der Waals surface area contributed by atoms with E-state index in [1.165, 1.54) is 21.7 Å². The van der Waals surface area contributed by atoms with Gasteiger partial charge in [0.05, 0.1) is 23.7 Å². The molecule has 1 N–H and O–H groups in total. The lowest BCUT2D eigenvalue weighted by molar-refractivity contribution is 0.416. The molecule has 10 heteroatoms. The van der Waals surface area contributed by atoms with E-state index in [0.717, 1.165) is 0 Å². The van der Waals surface area contributed by atoms with Crippen molar-refractivity contribution < 1.29 is 4.74 Å². The van der Waals surface area contributed by atoms with Crippen molar-refractivity contribution in [2.45, 2.75) is 0 Å². The van der Waals surface area contributed by atoms with Crippen LogP contribution in [0, 0.1) is 0 Å². The lowest BCUT2D eigenvalue weighted by Crippen LogP contribution is -2.21. The number of aromatic nitrogens is 8. The molecule has 27 heavy (non-hydrogen) atoms. The quantitative estimate of drug-likeness (QED) is 0.514. The first-order chi connectivity index (χ1) is 13.3. The van der Waals surface area contributed by atoms with Crippen LogP contribution in [0.2, 0.25) is 0 Å². The average Bonchev–Trinajstić information content (AvgIpc) is 3.38. The normalized spacial score (nSPS) is 11.3. The van der Waals surface area contributed by atoms with Crippen LogP contribution in [0.5, 0.6) is 5.75 Å². The molecule has 5 rings (SSSR count). The summed E-state index contributed by atoms with van der Waals surface area (Å²) in [5, 5.41) is 11.1. The monoisotopic (exact) mass is 360 g/mol. The van der Waals surface area contributed by atoms with Crippen molar-refractivity contribution in [1.29, 1.82) is 0 Å². The third-order valence-electron chi connectivity index (χ3n) is 4.26. The zero-order chi connectivity index (χ0) is 18.4. The van der Waals surface area contributed by atoms with Gasteiger partial charge >= 0.3 is 0 Å². The van der Waals surface area contributed by atoms with Crippen LogP contribution in [0.15, 0.2) is 54.0 Å². The number of aromatic amines is 1. The standard InChI is InChI=1S/C17H12N8O2/c1-27-12-5-3-2-4-10(12)14-13-11(22-16-19-9-21-25(14)16)6-7-24(15(13)26)17-18-8-20-23-17/h2-9H,1H3,(H,18,20,23). The first-order valence-electron chi connectivity index (χ1n) is 8.02. The number of H-pyrrole nitrogens is 1. The van der Waals surface area contributed by atoms with Gasteiger partial charge in [-0.05, 0) is 18.2 Å². The molecule has 0 amide bonds. The molecule has 5 aromatic rings. The molecule has 0 aliphatic carbocycles. The van der Waals surface area contributed by atoms with Crippen molar-refractivity contribution in [2.24, 2.45) is 0 Å². The fraction of sp³-hybridized carbons (Fsp3) is 0.0588. The molecule has 0 aliphatic rings. The second-order valence-electron chi connectivity index (χ2n) is 5.69. The number of fused-ring (bicyclic) bond motifs is 2. The number of para-hydroxylation sites is 1. The zero-order valence-electron chi connectivity index (χ0n) is 14.1. The van der Waals surface area contributed by atoms with Crippen molar-refractivity contribution in [1.82, 2.24) is 39.3 Å². The number of hydrogen-bond acceptors (Lipinski definition) is 7. The van der Waals surface area contributed by atoms with Crippen LogP contribution >= 0.6 is 0 Å². The summed E-state index contributed by atoms with van der Waals surface area (Å²) >= 11 is 0. The Kier molecular flexibility index (Phi) is 3.22. The molecule has 132 valence electrons. The van der Waals surface area contributed by atoms with Gasteiger partial charge in [-0.15, -0.1) is 0 Å². The zero-order valence-corrected chi connectivity index (χ0v) is 14.1. The summed E-state index contributed by atoms with van der Waals surface area (Å²) in [6.07, 6.45) is 4.33. The van der Waals surface area contributed by atoms with E-state index in [9.17, 15) is 4.79 Å². The van der Waals surface area contributed by atoms with Crippen LogP contribution in [0.25, 0.3) is 33.9 Å². The van der Waals surface area contributed by atoms with Gasteiger partial charge in [0, 0.05) is 11.8 Å². The molecular weight excluding hydrogens is 348 g/mol. The van der Waals surface area contributed by atoms with Gasteiger partial charge in [-0.1, -0.05) is 12.1 Å². The second kappa shape index (κ2) is 5.73. The molecule has 0 radical (unpaired) electrons. The second-order valence-corrected chi connectivity index (χ2v) is 5.69. The first kappa shape index (κ1) is 15.2. The van der Waals surface area contributed by atoms with Crippen molar-refractivity contribution in [3.8, 4) is 23.0 Å². The van der Waals surface area contributed by atoms with Crippen LogP contribution in [0.4, 0.5) is 0 Å². The number of benzene rings is 1. The van der Waals surface area contributed by atoms with E-state index in [2.05, 4.69) is 30.2 Å². The summed E-state index contributed by atoms with van der Waals surface area (Å²) in [6, 6.07) is 9.14. The molecule has 0 saturated carbocycles. The third-order valence-corrected chi connectivity index (χ3v) is 4.26. The largest absolute Gasteiger partial charge is 0.496 e.